The van der Waals surface area contributed by atoms with E-state index in [2.05, 4.69) is 20.9 Å². The van der Waals surface area contributed by atoms with Gasteiger partial charge in [-0.1, -0.05) is 114 Å². The summed E-state index contributed by atoms with van der Waals surface area (Å²) in [5.41, 5.74) is 1.86. The molecule has 1 saturated heterocycles. The molecule has 2 heterocycles. The fourth-order valence-electron chi connectivity index (χ4n) is 10.6. The molecule has 2 aromatic carbocycles. The zero-order chi connectivity index (χ0) is 57.2. The lowest BCUT2D eigenvalue weighted by atomic mass is 9.89. The molecule has 1 aromatic heterocycles. The van der Waals surface area contributed by atoms with E-state index in [0.29, 0.717) is 42.6 Å². The van der Waals surface area contributed by atoms with Crippen molar-refractivity contribution < 1.29 is 52.8 Å². The molecule has 1 aliphatic carbocycles. The van der Waals surface area contributed by atoms with Gasteiger partial charge in [0.25, 0.3) is 0 Å². The van der Waals surface area contributed by atoms with Crippen LogP contribution in [0.25, 0.3) is 0 Å². The van der Waals surface area contributed by atoms with Crippen molar-refractivity contribution in [2.45, 2.75) is 172 Å². The number of carbonyl (C=O) groups excluding carboxylic acids is 6. The van der Waals surface area contributed by atoms with Crippen LogP contribution in [-0.2, 0) is 44.7 Å². The van der Waals surface area contributed by atoms with E-state index in [1.807, 2.05) is 77.9 Å². The molecule has 430 valence electrons. The van der Waals surface area contributed by atoms with E-state index in [9.17, 15) is 33.9 Å². The zero-order valence-electron chi connectivity index (χ0n) is 47.6. The molecule has 78 heavy (non-hydrogen) atoms. The number of pyridine rings is 1. The number of ether oxygens (including phenoxy) is 4. The number of likely N-dealkylation sites (tertiary alicyclic amines) is 1. The highest BCUT2D eigenvalue weighted by Crippen LogP contribution is 2.42. The van der Waals surface area contributed by atoms with Gasteiger partial charge >= 0.3 is 12.2 Å². The number of methoxy groups -OCH3 is 2. The van der Waals surface area contributed by atoms with Gasteiger partial charge in [-0.3, -0.25) is 29.4 Å². The Hall–Kier alpha value is -5.41. The Morgan fingerprint density at radius 2 is 1.50 bits per heavy atom. The summed E-state index contributed by atoms with van der Waals surface area (Å²) in [5, 5.41) is 20.7. The van der Waals surface area contributed by atoms with E-state index in [-0.39, 0.29) is 59.9 Å². The minimum absolute atomic E-state index is 0.0537. The molecule has 3 aromatic rings. The quantitative estimate of drug-likeness (QED) is 0.0525. The Morgan fingerprint density at radius 3 is 2.12 bits per heavy atom. The number of benzene rings is 2. The van der Waals surface area contributed by atoms with Crippen LogP contribution in [0.4, 0.5) is 15.3 Å². The summed E-state index contributed by atoms with van der Waals surface area (Å²) in [6.07, 6.45) is 2.59. The fourth-order valence-corrected chi connectivity index (χ4v) is 13.2. The van der Waals surface area contributed by atoms with Crippen molar-refractivity contribution in [3.63, 3.8) is 0 Å². The van der Waals surface area contributed by atoms with E-state index in [1.165, 1.54) is 26.2 Å². The van der Waals surface area contributed by atoms with Crippen molar-refractivity contribution >= 4 is 63.1 Å². The molecule has 2 fully saturated rings. The summed E-state index contributed by atoms with van der Waals surface area (Å²) in [6.45, 7) is 15.2. The van der Waals surface area contributed by atoms with E-state index in [0.717, 1.165) is 24.3 Å². The minimum atomic E-state index is -1.00. The van der Waals surface area contributed by atoms with Gasteiger partial charge in [-0.15, -0.1) is 0 Å². The van der Waals surface area contributed by atoms with Gasteiger partial charge in [0.05, 0.1) is 54.0 Å². The number of rotatable bonds is 27. The summed E-state index contributed by atoms with van der Waals surface area (Å²) in [7, 11) is 9.46. The first-order valence-electron chi connectivity index (χ1n) is 27.4. The number of aliphatic hydroxyl groups excluding tert-OH is 1. The first-order valence-corrected chi connectivity index (χ1v) is 29.6. The summed E-state index contributed by atoms with van der Waals surface area (Å²) >= 11 is 0. The molecule has 0 spiro atoms. The van der Waals surface area contributed by atoms with Gasteiger partial charge in [0, 0.05) is 46.7 Å². The fraction of sp³-hybridized carbons (Fsp3) is 0.603. The molecule has 0 radical (unpaired) electrons. The SMILES string of the molecule is CC[C@H](C)[C@@H]([C@@H](CC(=O)N1CCC[C@H]1[C@H](OC)[C@@H](C)C(=O)N[C@H](C)[C@@H](O)c1ccccc1)OC)N(C)C(=O)[C@@H](NC(=O)[C@H](C(C)C)N(C)C(=O)OCc1ccc(NC(=O)O[C@@H]2CCC[C@H]2SSc2ccccn2)cc1)C(C)C. The summed E-state index contributed by atoms with van der Waals surface area (Å²) in [4.78, 5) is 92.5. The van der Waals surface area contributed by atoms with Gasteiger partial charge in [-0.05, 0) is 103 Å². The summed E-state index contributed by atoms with van der Waals surface area (Å²) in [6, 6.07) is 18.2. The molecular formula is C58H85N7O11S2. The van der Waals surface area contributed by atoms with Crippen LogP contribution in [-0.4, -0.2) is 149 Å². The van der Waals surface area contributed by atoms with E-state index in [1.54, 1.807) is 94.9 Å². The smallest absolute Gasteiger partial charge is 0.411 e. The molecule has 0 unspecified atom stereocenters. The highest BCUT2D eigenvalue weighted by Gasteiger charge is 2.44. The molecule has 1 saturated carbocycles. The van der Waals surface area contributed by atoms with E-state index >= 15 is 0 Å². The molecule has 2 aliphatic rings. The highest BCUT2D eigenvalue weighted by atomic mass is 33.1. The maximum absolute atomic E-state index is 14.7. The molecule has 18 nitrogen and oxygen atoms in total. The summed E-state index contributed by atoms with van der Waals surface area (Å²) in [5.74, 6) is -2.93. The topological polar surface area (TPSA) is 218 Å². The lowest BCUT2D eigenvalue weighted by Crippen LogP contribution is -2.60. The number of nitrogens with one attached hydrogen (secondary N) is 3. The Morgan fingerprint density at radius 1 is 0.808 bits per heavy atom. The lowest BCUT2D eigenvalue weighted by molar-refractivity contribution is -0.148. The van der Waals surface area contributed by atoms with Crippen LogP contribution in [0.3, 0.4) is 0 Å². The van der Waals surface area contributed by atoms with Crippen molar-refractivity contribution in [2.24, 2.45) is 23.7 Å². The molecular weight excluding hydrogens is 1030 g/mol. The lowest BCUT2D eigenvalue weighted by Gasteiger charge is -2.41. The second-order valence-electron chi connectivity index (χ2n) is 21.4. The van der Waals surface area contributed by atoms with Crippen molar-refractivity contribution in [3.8, 4) is 0 Å². The van der Waals surface area contributed by atoms with Gasteiger partial charge in [0.1, 0.15) is 29.8 Å². The minimum Gasteiger partial charge on any atom is -0.445 e. The van der Waals surface area contributed by atoms with Crippen LogP contribution >= 0.6 is 21.6 Å². The predicted octanol–water partition coefficient (Wildman–Crippen LogP) is 8.88. The number of hydrogen-bond acceptors (Lipinski definition) is 14. The number of aromatic nitrogens is 1. The monoisotopic (exact) mass is 1120 g/mol. The molecule has 0 bridgehead atoms. The Balaban J connectivity index is 1.16. The maximum Gasteiger partial charge on any atom is 0.411 e. The van der Waals surface area contributed by atoms with Gasteiger partial charge < -0.3 is 44.5 Å². The van der Waals surface area contributed by atoms with Crippen LogP contribution in [0.5, 0.6) is 0 Å². The van der Waals surface area contributed by atoms with E-state index in [4.69, 9.17) is 18.9 Å². The standard InChI is InChI=1S/C58H85N7O11S2/c1-13-37(6)51(45(73-11)33-48(66)65-32-20-23-43(65)53(74-12)38(7)54(68)60-39(8)52(67)41-21-15-14-16-22-41)63(9)56(70)49(35(2)3)62-55(69)50(36(4)5)64(10)58(72)75-34-40-27-29-42(30-28-40)61-57(71)76-44-24-19-25-46(44)77-78-47-26-17-18-31-59-47/h14-18,21-22,26-31,35-39,43-46,49-53,67H,13,19-20,23-25,32-34H2,1-12H3,(H,60,68)(H,61,71)(H,62,69)/t37-,38+,39+,43-,44+,45+,46+,49-,50-,51-,52+,53+/m0/s1. The van der Waals surface area contributed by atoms with Crippen LogP contribution in [0.2, 0.25) is 0 Å². The average molecular weight is 1120 g/mol. The molecule has 6 amide bonds. The molecule has 1 aliphatic heterocycles. The Labute approximate surface area is 470 Å². The molecule has 12 atom stereocenters. The van der Waals surface area contributed by atoms with Crippen LogP contribution < -0.4 is 16.0 Å². The number of carbonyl (C=O) groups is 6. The van der Waals surface area contributed by atoms with Crippen LogP contribution in [0, 0.1) is 23.7 Å². The van der Waals surface area contributed by atoms with Crippen molar-refractivity contribution in [2.75, 3.05) is 40.2 Å². The van der Waals surface area contributed by atoms with Crippen molar-refractivity contribution in [1.82, 2.24) is 30.3 Å². The third-order valence-electron chi connectivity index (χ3n) is 15.2. The Kier molecular flexibility index (Phi) is 25.1. The van der Waals surface area contributed by atoms with Gasteiger partial charge in [-0.2, -0.15) is 0 Å². The van der Waals surface area contributed by atoms with Crippen molar-refractivity contribution in [3.05, 3.63) is 90.1 Å². The molecule has 5 rings (SSSR count). The second-order valence-corrected chi connectivity index (χ2v) is 23.9. The highest BCUT2D eigenvalue weighted by molar-refractivity contribution is 8.76. The Bertz CT molecular complexity index is 2390. The predicted molar refractivity (Wildman–Crippen MR) is 304 cm³/mol. The number of nitrogens with zero attached hydrogens (tertiary/aromatic N) is 4. The second kappa shape index (κ2) is 30.8. The van der Waals surface area contributed by atoms with Gasteiger partial charge in [0.2, 0.25) is 23.6 Å². The zero-order valence-corrected chi connectivity index (χ0v) is 49.2. The first kappa shape index (κ1) is 63.4. The van der Waals surface area contributed by atoms with Crippen molar-refractivity contribution in [1.29, 1.82) is 0 Å². The van der Waals surface area contributed by atoms with Crippen LogP contribution in [0.1, 0.15) is 118 Å². The summed E-state index contributed by atoms with van der Waals surface area (Å²) < 4.78 is 23.5. The number of amides is 6. The number of likely N-dealkylation sites (N-methyl/N-ethyl adjacent to an activating group) is 2. The maximum atomic E-state index is 14.7. The molecule has 4 N–H and O–H groups in total. The van der Waals surface area contributed by atoms with Crippen LogP contribution in [0.15, 0.2) is 84.0 Å². The number of hydrogen-bond donors (Lipinski definition) is 4. The largest absolute Gasteiger partial charge is 0.445 e. The van der Waals surface area contributed by atoms with E-state index < -0.39 is 72.5 Å². The van der Waals surface area contributed by atoms with Gasteiger partial charge in [-0.25, -0.2) is 14.6 Å². The molecule has 20 heteroatoms. The average Bonchev–Trinajstić information content (AvgIpc) is 4.11. The number of aliphatic hydroxyl groups is 1. The third kappa shape index (κ3) is 17.3. The normalized spacial score (nSPS) is 19.8. The third-order valence-corrected chi connectivity index (χ3v) is 18.0. The first-order chi connectivity index (χ1) is 37.2. The van der Waals surface area contributed by atoms with Gasteiger partial charge in [0.15, 0.2) is 0 Å². The number of anilines is 1.